The SMILES string of the molecule is CN(C)c1cc(C(N)=O)cc2cc3cc4ccccc4cc3cc12. The van der Waals surface area contributed by atoms with Crippen molar-refractivity contribution in [2.24, 2.45) is 5.73 Å². The van der Waals surface area contributed by atoms with Crippen LogP contribution in [-0.2, 0) is 0 Å². The number of rotatable bonds is 2. The van der Waals surface area contributed by atoms with E-state index in [1.165, 1.54) is 16.2 Å². The molecule has 0 aliphatic rings. The Morgan fingerprint density at radius 3 is 1.96 bits per heavy atom. The number of nitrogens with two attached hydrogens (primary N) is 1. The Morgan fingerprint density at radius 2 is 1.38 bits per heavy atom. The largest absolute Gasteiger partial charge is 0.377 e. The molecular weight excluding hydrogens is 296 g/mol. The van der Waals surface area contributed by atoms with E-state index in [2.05, 4.69) is 42.5 Å². The number of amides is 1. The minimum atomic E-state index is -0.404. The number of nitrogens with zero attached hydrogens (tertiary/aromatic N) is 1. The zero-order valence-corrected chi connectivity index (χ0v) is 13.7. The van der Waals surface area contributed by atoms with Gasteiger partial charge in [0, 0.05) is 30.7 Å². The first kappa shape index (κ1) is 14.5. The number of anilines is 1. The van der Waals surface area contributed by atoms with Crippen LogP contribution in [0.25, 0.3) is 32.3 Å². The van der Waals surface area contributed by atoms with Crippen LogP contribution in [0, 0.1) is 0 Å². The molecule has 0 saturated carbocycles. The number of primary amides is 1. The van der Waals surface area contributed by atoms with Crippen LogP contribution in [0.3, 0.4) is 0 Å². The van der Waals surface area contributed by atoms with Crippen molar-refractivity contribution in [3.63, 3.8) is 0 Å². The highest BCUT2D eigenvalue weighted by Crippen LogP contribution is 2.33. The minimum absolute atomic E-state index is 0.404. The molecule has 0 radical (unpaired) electrons. The van der Waals surface area contributed by atoms with Crippen molar-refractivity contribution < 1.29 is 4.79 Å². The summed E-state index contributed by atoms with van der Waals surface area (Å²) in [7, 11) is 3.95. The van der Waals surface area contributed by atoms with Gasteiger partial charge in [-0.15, -0.1) is 0 Å². The molecule has 0 aliphatic carbocycles. The van der Waals surface area contributed by atoms with E-state index in [9.17, 15) is 4.79 Å². The van der Waals surface area contributed by atoms with Gasteiger partial charge in [0.2, 0.25) is 5.91 Å². The van der Waals surface area contributed by atoms with Gasteiger partial charge in [-0.05, 0) is 63.3 Å². The Morgan fingerprint density at radius 1 is 0.792 bits per heavy atom. The molecule has 0 spiro atoms. The number of fused-ring (bicyclic) bond motifs is 3. The first-order valence-corrected chi connectivity index (χ1v) is 7.90. The molecule has 4 aromatic carbocycles. The summed E-state index contributed by atoms with van der Waals surface area (Å²) < 4.78 is 0. The van der Waals surface area contributed by atoms with Gasteiger partial charge in [-0.3, -0.25) is 4.79 Å². The highest BCUT2D eigenvalue weighted by molar-refractivity contribution is 6.10. The molecule has 3 nitrogen and oxygen atoms in total. The quantitative estimate of drug-likeness (QED) is 0.560. The zero-order chi connectivity index (χ0) is 16.8. The lowest BCUT2D eigenvalue weighted by atomic mass is 9.97. The topological polar surface area (TPSA) is 46.3 Å². The average Bonchev–Trinajstić information content (AvgIpc) is 2.56. The van der Waals surface area contributed by atoms with E-state index in [-0.39, 0.29) is 0 Å². The van der Waals surface area contributed by atoms with Gasteiger partial charge in [-0.2, -0.15) is 0 Å². The van der Waals surface area contributed by atoms with Crippen molar-refractivity contribution in [2.45, 2.75) is 0 Å². The lowest BCUT2D eigenvalue weighted by molar-refractivity contribution is 0.100. The van der Waals surface area contributed by atoms with Crippen LogP contribution in [-0.4, -0.2) is 20.0 Å². The second kappa shape index (κ2) is 5.24. The second-order valence-electron chi connectivity index (χ2n) is 6.37. The van der Waals surface area contributed by atoms with Crippen LogP contribution in [0.5, 0.6) is 0 Å². The van der Waals surface area contributed by atoms with Gasteiger partial charge in [0.15, 0.2) is 0 Å². The van der Waals surface area contributed by atoms with Crippen molar-refractivity contribution >= 4 is 43.9 Å². The van der Waals surface area contributed by atoms with Crippen molar-refractivity contribution in [3.8, 4) is 0 Å². The lowest BCUT2D eigenvalue weighted by Crippen LogP contribution is -2.14. The summed E-state index contributed by atoms with van der Waals surface area (Å²) in [4.78, 5) is 13.7. The van der Waals surface area contributed by atoms with Gasteiger partial charge in [-0.1, -0.05) is 24.3 Å². The van der Waals surface area contributed by atoms with Crippen LogP contribution in [0.1, 0.15) is 10.4 Å². The fourth-order valence-corrected chi connectivity index (χ4v) is 3.30. The lowest BCUT2D eigenvalue weighted by Gasteiger charge is -2.17. The van der Waals surface area contributed by atoms with Gasteiger partial charge in [-0.25, -0.2) is 0 Å². The van der Waals surface area contributed by atoms with Crippen molar-refractivity contribution in [1.82, 2.24) is 0 Å². The van der Waals surface area contributed by atoms with Crippen molar-refractivity contribution in [1.29, 1.82) is 0 Å². The predicted molar refractivity (Wildman–Crippen MR) is 102 cm³/mol. The van der Waals surface area contributed by atoms with Crippen LogP contribution in [0.2, 0.25) is 0 Å². The third kappa shape index (κ3) is 2.26. The third-order valence-electron chi connectivity index (χ3n) is 4.52. The van der Waals surface area contributed by atoms with Crippen LogP contribution < -0.4 is 10.6 Å². The molecule has 0 bridgehead atoms. The van der Waals surface area contributed by atoms with E-state index in [4.69, 9.17) is 5.73 Å². The third-order valence-corrected chi connectivity index (χ3v) is 4.52. The smallest absolute Gasteiger partial charge is 0.248 e. The van der Waals surface area contributed by atoms with Crippen molar-refractivity contribution in [3.05, 3.63) is 66.2 Å². The fourth-order valence-electron chi connectivity index (χ4n) is 3.30. The molecule has 24 heavy (non-hydrogen) atoms. The van der Waals surface area contributed by atoms with Crippen LogP contribution in [0.15, 0.2) is 60.7 Å². The van der Waals surface area contributed by atoms with E-state index >= 15 is 0 Å². The van der Waals surface area contributed by atoms with Crippen molar-refractivity contribution in [2.75, 3.05) is 19.0 Å². The highest BCUT2D eigenvalue weighted by Gasteiger charge is 2.11. The van der Waals surface area contributed by atoms with Gasteiger partial charge in [0.1, 0.15) is 0 Å². The summed E-state index contributed by atoms with van der Waals surface area (Å²) in [5, 5.41) is 6.93. The van der Waals surface area contributed by atoms with Gasteiger partial charge >= 0.3 is 0 Å². The molecule has 0 saturated heterocycles. The summed E-state index contributed by atoms with van der Waals surface area (Å²) in [6, 6.07) is 20.8. The zero-order valence-electron chi connectivity index (χ0n) is 13.7. The number of benzene rings is 4. The summed E-state index contributed by atoms with van der Waals surface area (Å²) in [6.07, 6.45) is 0. The first-order valence-electron chi connectivity index (χ1n) is 7.90. The minimum Gasteiger partial charge on any atom is -0.377 e. The molecule has 118 valence electrons. The molecule has 4 rings (SSSR count). The molecule has 0 unspecified atom stereocenters. The Kier molecular flexibility index (Phi) is 3.17. The Balaban J connectivity index is 2.12. The number of hydrogen-bond donors (Lipinski definition) is 1. The first-order chi connectivity index (χ1) is 11.5. The standard InChI is InChI=1S/C21H18N2O/c1-23(2)20-12-18(21(22)24)10-17-9-15-7-13-5-3-4-6-14(13)8-16(15)11-19(17)20/h3-12H,1-2H3,(H2,22,24). The van der Waals surface area contributed by atoms with Crippen LogP contribution in [0.4, 0.5) is 5.69 Å². The van der Waals surface area contributed by atoms with E-state index in [1.807, 2.05) is 37.2 Å². The monoisotopic (exact) mass is 314 g/mol. The molecule has 2 N–H and O–H groups in total. The molecule has 0 heterocycles. The second-order valence-corrected chi connectivity index (χ2v) is 6.37. The maximum atomic E-state index is 11.7. The average molecular weight is 314 g/mol. The van der Waals surface area contributed by atoms with E-state index in [1.54, 1.807) is 0 Å². The molecule has 4 aromatic rings. The molecular formula is C21H18N2O. The molecule has 0 atom stereocenters. The van der Waals surface area contributed by atoms with E-state index < -0.39 is 5.91 Å². The maximum absolute atomic E-state index is 11.7. The summed E-state index contributed by atoms with van der Waals surface area (Å²) >= 11 is 0. The fraction of sp³-hybridized carbons (Fsp3) is 0.0952. The van der Waals surface area contributed by atoms with E-state index in [0.717, 1.165) is 21.8 Å². The number of carbonyl (C=O) groups is 1. The summed E-state index contributed by atoms with van der Waals surface area (Å²) in [6.45, 7) is 0. The molecule has 0 aromatic heterocycles. The molecule has 0 aliphatic heterocycles. The summed E-state index contributed by atoms with van der Waals surface area (Å²) in [5.41, 5.74) is 7.03. The molecule has 1 amide bonds. The molecule has 0 fully saturated rings. The highest BCUT2D eigenvalue weighted by atomic mass is 16.1. The number of carbonyl (C=O) groups excluding carboxylic acids is 1. The Bertz CT molecular complexity index is 1110. The van der Waals surface area contributed by atoms with Gasteiger partial charge in [0.05, 0.1) is 0 Å². The van der Waals surface area contributed by atoms with Gasteiger partial charge in [0.25, 0.3) is 0 Å². The van der Waals surface area contributed by atoms with Crippen LogP contribution >= 0.6 is 0 Å². The van der Waals surface area contributed by atoms with Gasteiger partial charge < -0.3 is 10.6 Å². The Hall–Kier alpha value is -3.07. The number of hydrogen-bond acceptors (Lipinski definition) is 2. The molecule has 3 heteroatoms. The van der Waals surface area contributed by atoms with E-state index in [0.29, 0.717) is 5.56 Å². The Labute approximate surface area is 140 Å². The predicted octanol–water partition coefficient (Wildman–Crippen LogP) is 4.31. The normalized spacial score (nSPS) is 11.2. The summed E-state index contributed by atoms with van der Waals surface area (Å²) in [5.74, 6) is -0.404. The maximum Gasteiger partial charge on any atom is 0.248 e.